The zero-order valence-corrected chi connectivity index (χ0v) is 22.4. The summed E-state index contributed by atoms with van der Waals surface area (Å²) in [7, 11) is 0. The molecule has 8 heteroatoms. The van der Waals surface area contributed by atoms with Gasteiger partial charge in [-0.2, -0.15) is 0 Å². The standard InChI is InChI=1S/C30H25NO5S2/c1-29(2,35)12-13-36-27(34)22(31-3)28-37-25-23(32)18-19(24(33)26(25)38-28)21-15-9-5-7-11-17(15)30(21)16-10-6-4-8-14(16)20(18)30/h4-11,20-22,28,32-33,35H,12-13H2,1-2H3/t20-,21+,22?,28?,30?. The summed E-state index contributed by atoms with van der Waals surface area (Å²) >= 11 is 2.49. The Hall–Kier alpha value is -3.12. The van der Waals surface area contributed by atoms with Gasteiger partial charge in [-0.1, -0.05) is 72.1 Å². The third-order valence-corrected chi connectivity index (χ3v) is 11.4. The molecule has 0 fully saturated rings. The number of carbonyl (C=O) groups is 1. The fourth-order valence-corrected chi connectivity index (χ4v) is 9.88. The number of nitrogens with zero attached hydrogens (tertiary/aromatic N) is 1. The van der Waals surface area contributed by atoms with Crippen LogP contribution >= 0.6 is 23.5 Å². The average Bonchev–Trinajstić information content (AvgIpc) is 3.39. The number of aliphatic hydroxyl groups is 1. The third-order valence-electron chi connectivity index (χ3n) is 8.42. The molecule has 5 atom stereocenters. The summed E-state index contributed by atoms with van der Waals surface area (Å²) in [6.45, 7) is 11.0. The predicted molar refractivity (Wildman–Crippen MR) is 145 cm³/mol. The van der Waals surface area contributed by atoms with Gasteiger partial charge in [-0.25, -0.2) is 11.4 Å². The van der Waals surface area contributed by atoms with Crippen molar-refractivity contribution in [3.63, 3.8) is 0 Å². The van der Waals surface area contributed by atoms with Gasteiger partial charge < -0.3 is 20.1 Å². The molecule has 1 aliphatic heterocycles. The van der Waals surface area contributed by atoms with Gasteiger partial charge >= 0.3 is 12.0 Å². The molecule has 0 radical (unpaired) electrons. The maximum absolute atomic E-state index is 12.8. The number of carbonyl (C=O) groups excluding carboxylic acids is 1. The Kier molecular flexibility index (Phi) is 5.01. The number of esters is 1. The molecule has 6 nitrogen and oxygen atoms in total. The van der Waals surface area contributed by atoms with E-state index < -0.39 is 22.2 Å². The molecule has 0 saturated heterocycles. The molecule has 4 aliphatic rings. The van der Waals surface area contributed by atoms with Crippen LogP contribution in [0.15, 0.2) is 58.3 Å². The van der Waals surface area contributed by atoms with Crippen molar-refractivity contribution < 1.29 is 24.9 Å². The molecule has 7 rings (SSSR count). The molecule has 1 spiro atoms. The van der Waals surface area contributed by atoms with Crippen LogP contribution in [0.4, 0.5) is 0 Å². The molecule has 38 heavy (non-hydrogen) atoms. The van der Waals surface area contributed by atoms with E-state index in [1.165, 1.54) is 45.8 Å². The van der Waals surface area contributed by atoms with Crippen molar-refractivity contribution >= 4 is 29.5 Å². The maximum Gasteiger partial charge on any atom is 0.392 e. The van der Waals surface area contributed by atoms with Gasteiger partial charge in [0.25, 0.3) is 0 Å². The number of hydrogen-bond donors (Lipinski definition) is 3. The van der Waals surface area contributed by atoms with Gasteiger partial charge in [0.2, 0.25) is 0 Å². The SMILES string of the molecule is [C-]#[N+]C(C(=O)OCCC(C)(C)O)C1Sc2c(O)c3c(c(O)c2S1)[C@@H]1c2ccccc2C12c1ccccc1[C@H]32. The quantitative estimate of drug-likeness (QED) is 0.222. The number of phenolic OH excluding ortho intramolecular Hbond substituents is 2. The largest absolute Gasteiger partial charge is 0.506 e. The normalized spacial score (nSPS) is 25.8. The minimum Gasteiger partial charge on any atom is -0.506 e. The lowest BCUT2D eigenvalue weighted by molar-refractivity contribution is -0.144. The fraction of sp³-hybridized carbons (Fsp3) is 0.333. The van der Waals surface area contributed by atoms with Gasteiger partial charge in [0.05, 0.1) is 22.0 Å². The van der Waals surface area contributed by atoms with Gasteiger partial charge in [0, 0.05) is 34.8 Å². The summed E-state index contributed by atoms with van der Waals surface area (Å²) in [5.74, 6) is -0.485. The molecular formula is C30H25NO5S2. The maximum atomic E-state index is 12.8. The number of phenols is 2. The molecule has 0 bridgehead atoms. The molecule has 3 unspecified atom stereocenters. The smallest absolute Gasteiger partial charge is 0.392 e. The van der Waals surface area contributed by atoms with Crippen LogP contribution in [0.5, 0.6) is 11.5 Å². The summed E-state index contributed by atoms with van der Waals surface area (Å²) in [6.07, 6.45) is 0.260. The van der Waals surface area contributed by atoms with Gasteiger partial charge in [-0.15, -0.1) is 0 Å². The second-order valence-electron chi connectivity index (χ2n) is 11.0. The molecule has 3 aromatic rings. The van der Waals surface area contributed by atoms with E-state index in [0.717, 1.165) is 11.1 Å². The number of ether oxygens (including phenoxy) is 1. The van der Waals surface area contributed by atoms with E-state index in [1.54, 1.807) is 13.8 Å². The number of thioether (sulfide) groups is 2. The lowest BCUT2D eigenvalue weighted by Gasteiger charge is -2.58. The highest BCUT2D eigenvalue weighted by Gasteiger charge is 2.71. The minimum atomic E-state index is -1.11. The molecule has 3 N–H and O–H groups in total. The topological polar surface area (TPSA) is 91.4 Å². The first-order valence-electron chi connectivity index (χ1n) is 12.6. The van der Waals surface area contributed by atoms with Crippen molar-refractivity contribution in [2.24, 2.45) is 0 Å². The number of fused-ring (bicyclic) bond motifs is 8. The molecule has 3 aromatic carbocycles. The van der Waals surface area contributed by atoms with Gasteiger partial charge in [0.1, 0.15) is 16.1 Å². The zero-order chi connectivity index (χ0) is 26.6. The molecule has 0 amide bonds. The van der Waals surface area contributed by atoms with Crippen LogP contribution in [-0.2, 0) is 14.9 Å². The second kappa shape index (κ2) is 7.95. The average molecular weight is 544 g/mol. The molecule has 192 valence electrons. The van der Waals surface area contributed by atoms with E-state index in [0.29, 0.717) is 9.79 Å². The van der Waals surface area contributed by atoms with Crippen LogP contribution in [0.3, 0.4) is 0 Å². The molecule has 1 heterocycles. The first kappa shape index (κ1) is 24.0. The summed E-state index contributed by atoms with van der Waals surface area (Å²) in [4.78, 5) is 17.4. The lowest BCUT2D eigenvalue weighted by Crippen LogP contribution is -2.52. The highest BCUT2D eigenvalue weighted by Crippen LogP contribution is 2.80. The molecule has 0 aromatic heterocycles. The van der Waals surface area contributed by atoms with Crippen LogP contribution in [0.25, 0.3) is 4.85 Å². The Morgan fingerprint density at radius 2 is 1.50 bits per heavy atom. The van der Waals surface area contributed by atoms with Gasteiger partial charge in [-0.05, 0) is 36.1 Å². The van der Waals surface area contributed by atoms with Crippen molar-refractivity contribution in [3.05, 3.63) is 93.3 Å². The van der Waals surface area contributed by atoms with Crippen LogP contribution in [0.2, 0.25) is 0 Å². The Bertz CT molecular complexity index is 1490. The number of benzene rings is 3. The second-order valence-corrected chi connectivity index (χ2v) is 13.6. The number of rotatable bonds is 5. The van der Waals surface area contributed by atoms with E-state index in [-0.39, 0.29) is 41.8 Å². The van der Waals surface area contributed by atoms with E-state index in [9.17, 15) is 20.1 Å². The van der Waals surface area contributed by atoms with E-state index in [2.05, 4.69) is 29.1 Å². The van der Waals surface area contributed by atoms with E-state index >= 15 is 0 Å². The van der Waals surface area contributed by atoms with Crippen molar-refractivity contribution in [1.82, 2.24) is 0 Å². The number of aromatic hydroxyl groups is 2. The first-order chi connectivity index (χ1) is 18.2. The fourth-order valence-electron chi connectivity index (χ4n) is 6.90. The highest BCUT2D eigenvalue weighted by atomic mass is 32.2. The lowest BCUT2D eigenvalue weighted by atomic mass is 9.43. The van der Waals surface area contributed by atoms with E-state index in [4.69, 9.17) is 11.3 Å². The van der Waals surface area contributed by atoms with Crippen molar-refractivity contribution in [2.45, 2.75) is 63.5 Å². The minimum absolute atomic E-state index is 0.0123. The Morgan fingerprint density at radius 3 is 1.97 bits per heavy atom. The Labute approximate surface area is 228 Å². The zero-order valence-electron chi connectivity index (χ0n) is 20.8. The Balaban J connectivity index is 1.27. The molecular weight excluding hydrogens is 518 g/mol. The monoisotopic (exact) mass is 543 g/mol. The highest BCUT2D eigenvalue weighted by molar-refractivity contribution is 8.19. The first-order valence-corrected chi connectivity index (χ1v) is 14.4. The molecule has 3 aliphatic carbocycles. The van der Waals surface area contributed by atoms with Crippen LogP contribution in [0.1, 0.15) is 65.5 Å². The molecule has 0 saturated carbocycles. The summed E-state index contributed by atoms with van der Waals surface area (Å²) in [6, 6.07) is 15.5. The summed E-state index contributed by atoms with van der Waals surface area (Å²) in [5.41, 5.74) is 5.12. The van der Waals surface area contributed by atoms with Crippen LogP contribution in [-0.4, -0.2) is 44.1 Å². The van der Waals surface area contributed by atoms with Crippen molar-refractivity contribution in [1.29, 1.82) is 0 Å². The number of hydrogen-bond acceptors (Lipinski definition) is 7. The van der Waals surface area contributed by atoms with Gasteiger partial charge in [0.15, 0.2) is 0 Å². The third kappa shape index (κ3) is 2.87. The van der Waals surface area contributed by atoms with Crippen molar-refractivity contribution in [2.75, 3.05) is 6.61 Å². The predicted octanol–water partition coefficient (Wildman–Crippen LogP) is 5.50. The summed E-state index contributed by atoms with van der Waals surface area (Å²) < 4.78 is 4.75. The van der Waals surface area contributed by atoms with Crippen molar-refractivity contribution in [3.8, 4) is 11.5 Å². The Morgan fingerprint density at radius 1 is 1.00 bits per heavy atom. The van der Waals surface area contributed by atoms with Crippen LogP contribution < -0.4 is 0 Å². The van der Waals surface area contributed by atoms with Gasteiger partial charge in [-0.3, -0.25) is 4.85 Å². The van der Waals surface area contributed by atoms with Crippen LogP contribution in [0, 0.1) is 6.57 Å². The van der Waals surface area contributed by atoms with E-state index in [1.807, 2.05) is 24.3 Å². The summed E-state index contributed by atoms with van der Waals surface area (Å²) in [5, 5.41) is 33.3.